The van der Waals surface area contributed by atoms with Crippen molar-refractivity contribution in [1.82, 2.24) is 5.32 Å². The van der Waals surface area contributed by atoms with Crippen molar-refractivity contribution in [3.05, 3.63) is 88.2 Å². The predicted octanol–water partition coefficient (Wildman–Crippen LogP) is 5.34. The number of fused-ring (bicyclic) bond motifs is 3. The number of amides is 1. The second-order valence-corrected chi connectivity index (χ2v) is 7.56. The third-order valence-corrected chi connectivity index (χ3v) is 5.49. The summed E-state index contributed by atoms with van der Waals surface area (Å²) in [7, 11) is 0. The number of rotatable bonds is 4. The van der Waals surface area contributed by atoms with E-state index in [0.717, 1.165) is 11.1 Å². The molecule has 6 heteroatoms. The number of hydrogen-bond acceptors (Lipinski definition) is 3. The van der Waals surface area contributed by atoms with Gasteiger partial charge in [-0.15, -0.1) is 0 Å². The second kappa shape index (κ2) is 9.11. The van der Waals surface area contributed by atoms with Crippen molar-refractivity contribution in [3.63, 3.8) is 0 Å². The molecular formula is C25H20ClFN2O2. The molecule has 1 aliphatic carbocycles. The molecule has 1 aliphatic rings. The summed E-state index contributed by atoms with van der Waals surface area (Å²) in [5, 5.41) is 2.97. The number of anilines is 1. The first-order valence-corrected chi connectivity index (χ1v) is 10.2. The van der Waals surface area contributed by atoms with Gasteiger partial charge in [-0.05, 0) is 34.4 Å². The van der Waals surface area contributed by atoms with Gasteiger partial charge in [0.2, 0.25) is 0 Å². The summed E-state index contributed by atoms with van der Waals surface area (Å²) in [5.74, 6) is 5.09. The monoisotopic (exact) mass is 434 g/mol. The standard InChI is InChI=1S/C25H20ClFN2O2/c26-22-14-24(28)23(27)13-16(22)7-5-6-12-29-25(30)31-15-21-19-10-3-1-8-17(19)18-9-2-4-11-20(18)21/h1-4,8-11,13-14,21H,6,12,15,28H2,(H,29,30). The lowest BCUT2D eigenvalue weighted by atomic mass is 9.98. The van der Waals surface area contributed by atoms with E-state index < -0.39 is 11.9 Å². The van der Waals surface area contributed by atoms with E-state index >= 15 is 0 Å². The number of halogens is 2. The number of alkyl carbamates (subject to hydrolysis) is 1. The highest BCUT2D eigenvalue weighted by Gasteiger charge is 2.28. The molecule has 0 saturated carbocycles. The average Bonchev–Trinajstić information content (AvgIpc) is 3.09. The fourth-order valence-electron chi connectivity index (χ4n) is 3.69. The highest BCUT2D eigenvalue weighted by Crippen LogP contribution is 2.44. The summed E-state index contributed by atoms with van der Waals surface area (Å²) in [6.45, 7) is 0.560. The zero-order chi connectivity index (χ0) is 21.8. The summed E-state index contributed by atoms with van der Waals surface area (Å²) in [4.78, 5) is 12.1. The van der Waals surface area contributed by atoms with Crippen LogP contribution in [0.4, 0.5) is 14.9 Å². The van der Waals surface area contributed by atoms with Crippen molar-refractivity contribution in [3.8, 4) is 23.0 Å². The number of ether oxygens (including phenoxy) is 1. The van der Waals surface area contributed by atoms with Gasteiger partial charge >= 0.3 is 6.09 Å². The SMILES string of the molecule is Nc1cc(Cl)c(C#CCCNC(=O)OCC2c3ccccc3-c3ccccc32)cc1F. The molecule has 0 fully saturated rings. The third-order valence-electron chi connectivity index (χ3n) is 5.17. The quantitative estimate of drug-likeness (QED) is 0.331. The van der Waals surface area contributed by atoms with Crippen LogP contribution < -0.4 is 11.1 Å². The maximum atomic E-state index is 13.5. The molecule has 1 amide bonds. The van der Waals surface area contributed by atoms with Crippen molar-refractivity contribution in [2.75, 3.05) is 18.9 Å². The molecule has 0 atom stereocenters. The molecule has 0 unspecified atom stereocenters. The van der Waals surface area contributed by atoms with Crippen molar-refractivity contribution in [2.24, 2.45) is 0 Å². The smallest absolute Gasteiger partial charge is 0.407 e. The zero-order valence-electron chi connectivity index (χ0n) is 16.6. The number of carbonyl (C=O) groups excluding carboxylic acids is 1. The molecule has 0 saturated heterocycles. The van der Waals surface area contributed by atoms with Gasteiger partial charge in [0.1, 0.15) is 12.4 Å². The Kier molecular flexibility index (Phi) is 6.11. The minimum Gasteiger partial charge on any atom is -0.449 e. The topological polar surface area (TPSA) is 64.3 Å². The predicted molar refractivity (Wildman–Crippen MR) is 120 cm³/mol. The van der Waals surface area contributed by atoms with Gasteiger partial charge in [0, 0.05) is 24.4 Å². The summed E-state index contributed by atoms with van der Waals surface area (Å²) in [6, 6.07) is 18.9. The van der Waals surface area contributed by atoms with E-state index in [1.54, 1.807) is 0 Å². The van der Waals surface area contributed by atoms with Gasteiger partial charge in [0.25, 0.3) is 0 Å². The molecule has 4 nitrogen and oxygen atoms in total. The van der Waals surface area contributed by atoms with Gasteiger partial charge in [-0.2, -0.15) is 0 Å². The van der Waals surface area contributed by atoms with Gasteiger partial charge in [0.05, 0.1) is 10.7 Å². The summed E-state index contributed by atoms with van der Waals surface area (Å²) in [5.41, 5.74) is 10.5. The molecule has 0 bridgehead atoms. The normalized spacial score (nSPS) is 11.8. The van der Waals surface area contributed by atoms with Crippen LogP contribution in [0, 0.1) is 17.7 Å². The van der Waals surface area contributed by atoms with Crippen LogP contribution in [-0.4, -0.2) is 19.2 Å². The highest BCUT2D eigenvalue weighted by atomic mass is 35.5. The molecular weight excluding hydrogens is 415 g/mol. The van der Waals surface area contributed by atoms with Gasteiger partial charge in [-0.1, -0.05) is 72.0 Å². The Morgan fingerprint density at radius 1 is 1.10 bits per heavy atom. The first kappa shape index (κ1) is 20.8. The molecule has 0 aliphatic heterocycles. The Labute approximate surface area is 185 Å². The first-order valence-electron chi connectivity index (χ1n) is 9.87. The van der Waals surface area contributed by atoms with Crippen LogP contribution in [0.15, 0.2) is 60.7 Å². The van der Waals surface area contributed by atoms with Crippen molar-refractivity contribution >= 4 is 23.4 Å². The largest absolute Gasteiger partial charge is 0.449 e. The van der Waals surface area contributed by atoms with E-state index in [0.29, 0.717) is 18.5 Å². The summed E-state index contributed by atoms with van der Waals surface area (Å²) in [6.07, 6.45) is -0.132. The van der Waals surface area contributed by atoms with Crippen LogP contribution in [0.25, 0.3) is 11.1 Å². The van der Waals surface area contributed by atoms with E-state index in [4.69, 9.17) is 22.1 Å². The van der Waals surface area contributed by atoms with Crippen molar-refractivity contribution in [1.29, 1.82) is 0 Å². The summed E-state index contributed by atoms with van der Waals surface area (Å²) >= 11 is 6.00. The second-order valence-electron chi connectivity index (χ2n) is 7.16. The Hall–Kier alpha value is -3.49. The first-order chi connectivity index (χ1) is 15.0. The number of carbonyl (C=O) groups is 1. The number of nitrogens with one attached hydrogen (secondary N) is 1. The molecule has 4 rings (SSSR count). The Bertz CT molecular complexity index is 1150. The molecule has 3 aromatic rings. The van der Waals surface area contributed by atoms with Crippen LogP contribution in [0.1, 0.15) is 29.0 Å². The molecule has 31 heavy (non-hydrogen) atoms. The maximum Gasteiger partial charge on any atom is 0.407 e. The van der Waals surface area contributed by atoms with Crippen LogP contribution in [0.2, 0.25) is 5.02 Å². The minimum atomic E-state index is -0.564. The minimum absolute atomic E-state index is 0.0143. The van der Waals surface area contributed by atoms with E-state index in [9.17, 15) is 9.18 Å². The highest BCUT2D eigenvalue weighted by molar-refractivity contribution is 6.32. The molecule has 156 valence electrons. The molecule has 0 heterocycles. The Morgan fingerprint density at radius 2 is 1.74 bits per heavy atom. The van der Waals surface area contributed by atoms with E-state index in [1.165, 1.54) is 23.3 Å². The van der Waals surface area contributed by atoms with E-state index in [1.807, 2.05) is 24.3 Å². The molecule has 0 spiro atoms. The van der Waals surface area contributed by atoms with Crippen LogP contribution >= 0.6 is 11.6 Å². The lowest BCUT2D eigenvalue weighted by Gasteiger charge is -2.14. The van der Waals surface area contributed by atoms with Gasteiger partial charge in [-0.25, -0.2) is 9.18 Å². The molecule has 3 aromatic carbocycles. The molecule has 3 N–H and O–H groups in total. The fraction of sp³-hybridized carbons (Fsp3) is 0.160. The van der Waals surface area contributed by atoms with Crippen molar-refractivity contribution < 1.29 is 13.9 Å². The number of nitrogen functional groups attached to an aromatic ring is 1. The van der Waals surface area contributed by atoms with Crippen LogP contribution in [0.5, 0.6) is 0 Å². The van der Waals surface area contributed by atoms with E-state index in [-0.39, 0.29) is 23.2 Å². The lowest BCUT2D eigenvalue weighted by Crippen LogP contribution is -2.26. The zero-order valence-corrected chi connectivity index (χ0v) is 17.4. The average molecular weight is 435 g/mol. The van der Waals surface area contributed by atoms with Gasteiger partial charge in [-0.3, -0.25) is 0 Å². The molecule has 0 radical (unpaired) electrons. The van der Waals surface area contributed by atoms with Gasteiger partial charge in [0.15, 0.2) is 0 Å². The maximum absolute atomic E-state index is 13.5. The third kappa shape index (κ3) is 4.50. The Morgan fingerprint density at radius 3 is 2.42 bits per heavy atom. The number of benzene rings is 3. The van der Waals surface area contributed by atoms with Crippen LogP contribution in [0.3, 0.4) is 0 Å². The fourth-order valence-corrected chi connectivity index (χ4v) is 3.91. The summed E-state index contributed by atoms with van der Waals surface area (Å²) < 4.78 is 19.0. The van der Waals surface area contributed by atoms with E-state index in [2.05, 4.69) is 41.4 Å². The van der Waals surface area contributed by atoms with Crippen molar-refractivity contribution in [2.45, 2.75) is 12.3 Å². The number of hydrogen-bond donors (Lipinski definition) is 2. The van der Waals surface area contributed by atoms with Gasteiger partial charge < -0.3 is 15.8 Å². The van der Waals surface area contributed by atoms with Crippen LogP contribution in [-0.2, 0) is 4.74 Å². The number of nitrogens with two attached hydrogens (primary N) is 1. The Balaban J connectivity index is 1.30. The molecule has 0 aromatic heterocycles. The lowest BCUT2D eigenvalue weighted by molar-refractivity contribution is 0.143.